The van der Waals surface area contributed by atoms with Gasteiger partial charge in [0.05, 0.1) is 34.9 Å². The number of rotatable bonds is 15. The first kappa shape index (κ1) is 35.7. The molecular formula is C33H44N4O9S. The van der Waals surface area contributed by atoms with Gasteiger partial charge in [-0.15, -0.1) is 13.2 Å². The van der Waals surface area contributed by atoms with Gasteiger partial charge >= 0.3 is 18.1 Å². The normalized spacial score (nSPS) is 23.1. The minimum atomic E-state index is -3.96. The second-order valence-corrected chi connectivity index (χ2v) is 14.2. The number of carbonyl (C=O) groups is 5. The van der Waals surface area contributed by atoms with Crippen molar-refractivity contribution in [3.63, 3.8) is 0 Å². The second kappa shape index (κ2) is 15.6. The molecule has 0 bridgehead atoms. The van der Waals surface area contributed by atoms with Crippen LogP contribution in [-0.4, -0.2) is 85.7 Å². The van der Waals surface area contributed by atoms with Crippen LogP contribution in [0, 0.1) is 17.8 Å². The maximum absolute atomic E-state index is 14.2. The Labute approximate surface area is 275 Å². The number of urea groups is 1. The molecule has 14 heteroatoms. The zero-order valence-corrected chi connectivity index (χ0v) is 27.7. The number of hydrogen-bond donors (Lipinski definition) is 2. The van der Waals surface area contributed by atoms with Crippen LogP contribution in [0.3, 0.4) is 0 Å². The van der Waals surface area contributed by atoms with E-state index in [1.807, 2.05) is 0 Å². The summed E-state index contributed by atoms with van der Waals surface area (Å²) in [5.74, 6) is -3.90. The van der Waals surface area contributed by atoms with E-state index in [2.05, 4.69) is 23.2 Å². The molecule has 3 aliphatic carbocycles. The lowest BCUT2D eigenvalue weighted by Gasteiger charge is -2.29. The smallest absolute Gasteiger partial charge is 0.411 e. The fourth-order valence-corrected chi connectivity index (χ4v) is 7.17. The number of anilines is 1. The molecule has 5 amide bonds. The van der Waals surface area contributed by atoms with Crippen LogP contribution in [0.15, 0.2) is 49.6 Å². The Morgan fingerprint density at radius 2 is 1.68 bits per heavy atom. The van der Waals surface area contributed by atoms with Crippen LogP contribution in [-0.2, 0) is 29.1 Å². The van der Waals surface area contributed by atoms with Crippen molar-refractivity contribution in [2.45, 2.75) is 75.7 Å². The van der Waals surface area contributed by atoms with Crippen molar-refractivity contribution in [2.24, 2.45) is 17.8 Å². The maximum Gasteiger partial charge on any atom is 0.411 e. The van der Waals surface area contributed by atoms with E-state index in [4.69, 9.17) is 9.47 Å². The van der Waals surface area contributed by atoms with Gasteiger partial charge in [-0.2, -0.15) is 0 Å². The molecule has 1 aromatic carbocycles. The number of allylic oxidation sites excluding steroid dienone is 1. The van der Waals surface area contributed by atoms with Crippen molar-refractivity contribution in [2.75, 3.05) is 25.5 Å². The van der Waals surface area contributed by atoms with Gasteiger partial charge in [-0.25, -0.2) is 27.5 Å². The van der Waals surface area contributed by atoms with Gasteiger partial charge in [-0.3, -0.25) is 19.8 Å². The number of nitrogens with one attached hydrogen (secondary N) is 2. The molecule has 3 fully saturated rings. The zero-order chi connectivity index (χ0) is 34.3. The van der Waals surface area contributed by atoms with Gasteiger partial charge in [0, 0.05) is 19.6 Å². The molecule has 1 aromatic rings. The first-order valence-electron chi connectivity index (χ1n) is 16.0. The molecule has 0 saturated heterocycles. The average molecular weight is 673 g/mol. The quantitative estimate of drug-likeness (QED) is 0.157. The Morgan fingerprint density at radius 1 is 1.00 bits per heavy atom. The molecule has 0 heterocycles. The van der Waals surface area contributed by atoms with Crippen LogP contribution in [0.4, 0.5) is 15.3 Å². The highest BCUT2D eigenvalue weighted by molar-refractivity contribution is 7.90. The van der Waals surface area contributed by atoms with Crippen LogP contribution in [0.25, 0.3) is 0 Å². The van der Waals surface area contributed by atoms with Crippen molar-refractivity contribution in [3.05, 3.63) is 55.1 Å². The molecular weight excluding hydrogens is 628 g/mol. The van der Waals surface area contributed by atoms with Crippen molar-refractivity contribution in [1.82, 2.24) is 14.5 Å². The number of ether oxygens (including phenoxy) is 2. The summed E-state index contributed by atoms with van der Waals surface area (Å²) in [4.78, 5) is 69.2. The number of sulfonamides is 1. The van der Waals surface area contributed by atoms with Crippen LogP contribution < -0.4 is 10.0 Å². The fourth-order valence-electron chi connectivity index (χ4n) is 5.91. The third-order valence-electron chi connectivity index (χ3n) is 8.70. The monoisotopic (exact) mass is 672 g/mol. The molecule has 3 saturated carbocycles. The second-order valence-electron chi connectivity index (χ2n) is 12.2. The Morgan fingerprint density at radius 3 is 2.30 bits per heavy atom. The minimum Gasteiger partial charge on any atom is -0.462 e. The summed E-state index contributed by atoms with van der Waals surface area (Å²) in [5, 5.41) is 1.87. The molecule has 5 atom stereocenters. The van der Waals surface area contributed by atoms with Crippen molar-refractivity contribution >= 4 is 45.6 Å². The van der Waals surface area contributed by atoms with Crippen LogP contribution in [0.1, 0.15) is 68.6 Å². The molecule has 0 spiro atoms. The summed E-state index contributed by atoms with van der Waals surface area (Å²) in [7, 11) is -2.33. The lowest BCUT2D eigenvalue weighted by molar-refractivity contribution is -0.143. The summed E-state index contributed by atoms with van der Waals surface area (Å²) < 4.78 is 38.1. The van der Waals surface area contributed by atoms with Gasteiger partial charge < -0.3 is 14.4 Å². The number of benzene rings is 1. The highest BCUT2D eigenvalue weighted by atomic mass is 32.2. The summed E-state index contributed by atoms with van der Waals surface area (Å²) >= 11 is 0. The van der Waals surface area contributed by atoms with E-state index in [1.54, 1.807) is 38.3 Å². The maximum atomic E-state index is 14.2. The lowest BCUT2D eigenvalue weighted by Crippen LogP contribution is -2.51. The van der Waals surface area contributed by atoms with Gasteiger partial charge in [0.25, 0.3) is 0 Å². The van der Waals surface area contributed by atoms with E-state index < -0.39 is 63.3 Å². The fraction of sp³-hybridized carbons (Fsp3) is 0.545. The number of amides is 5. The Balaban J connectivity index is 1.54. The van der Waals surface area contributed by atoms with E-state index in [0.29, 0.717) is 32.2 Å². The molecule has 0 radical (unpaired) electrons. The molecule has 2 N–H and O–H groups in total. The van der Waals surface area contributed by atoms with Crippen LogP contribution in [0.5, 0.6) is 0 Å². The number of carbonyl (C=O) groups excluding carboxylic acids is 5. The lowest BCUT2D eigenvalue weighted by atomic mass is 9.93. The zero-order valence-electron chi connectivity index (χ0n) is 26.9. The predicted octanol–water partition coefficient (Wildman–Crippen LogP) is 4.23. The topological polar surface area (TPSA) is 168 Å². The first-order chi connectivity index (χ1) is 22.4. The van der Waals surface area contributed by atoms with Crippen molar-refractivity contribution in [3.8, 4) is 0 Å². The predicted molar refractivity (Wildman–Crippen MR) is 174 cm³/mol. The third-order valence-corrected chi connectivity index (χ3v) is 10.5. The summed E-state index contributed by atoms with van der Waals surface area (Å²) in [6.07, 6.45) is 5.13. The summed E-state index contributed by atoms with van der Waals surface area (Å²) in [6, 6.07) is 4.59. The Kier molecular flexibility index (Phi) is 11.8. The number of imide groups is 1. The average Bonchev–Trinajstić information content (AvgIpc) is 3.96. The molecule has 4 rings (SSSR count). The van der Waals surface area contributed by atoms with E-state index in [-0.39, 0.29) is 42.5 Å². The van der Waals surface area contributed by atoms with E-state index in [0.717, 1.165) is 17.7 Å². The van der Waals surface area contributed by atoms with E-state index >= 15 is 0 Å². The molecule has 5 unspecified atom stereocenters. The van der Waals surface area contributed by atoms with E-state index in [1.165, 1.54) is 17.0 Å². The molecule has 0 aromatic heterocycles. The summed E-state index contributed by atoms with van der Waals surface area (Å²) in [6.45, 7) is 9.69. The highest BCUT2D eigenvalue weighted by Crippen LogP contribution is 2.42. The van der Waals surface area contributed by atoms with Gasteiger partial charge in [-0.1, -0.05) is 24.3 Å². The first-order valence-corrected chi connectivity index (χ1v) is 17.6. The van der Waals surface area contributed by atoms with Gasteiger partial charge in [0.2, 0.25) is 21.8 Å². The minimum absolute atomic E-state index is 0.00453. The molecule has 256 valence electrons. The highest BCUT2D eigenvalue weighted by Gasteiger charge is 2.53. The molecule has 0 aliphatic heterocycles. The van der Waals surface area contributed by atoms with Crippen molar-refractivity contribution < 1.29 is 41.9 Å². The number of nitrogens with zero attached hydrogens (tertiary/aromatic N) is 2. The number of hydrogen-bond acceptors (Lipinski definition) is 9. The Bertz CT molecular complexity index is 1490. The molecule has 3 aliphatic rings. The van der Waals surface area contributed by atoms with Gasteiger partial charge in [0.15, 0.2) is 0 Å². The Hall–Kier alpha value is -4.20. The number of esters is 1. The van der Waals surface area contributed by atoms with Crippen molar-refractivity contribution in [1.29, 1.82) is 0 Å². The molecule has 47 heavy (non-hydrogen) atoms. The van der Waals surface area contributed by atoms with Crippen LogP contribution >= 0.6 is 0 Å². The van der Waals surface area contributed by atoms with Crippen LogP contribution in [0.2, 0.25) is 0 Å². The van der Waals surface area contributed by atoms with Gasteiger partial charge in [-0.05, 0) is 76.3 Å². The third kappa shape index (κ3) is 8.99. The SMILES string of the molecule is C=CCCCCN(C)C(=O)C1CC(OC(=O)Nc2ccccc2C(=O)OCC)CC1C(=O)N(C(=O)NS(=O)(=O)C1CC1)C1CC1C=C. The standard InChI is InChI=1S/C33H44N4O9S/c1-5-8-9-12-17-36(4)29(38)25-19-22(46-33(42)34-27-14-11-10-13-24(27)31(40)45-7-3)20-26(25)30(39)37(28-18-21(28)6-2)32(41)35-47(43,44)23-15-16-23/h5-6,10-11,13-14,21-23,25-26,28H,1-2,7-9,12,15-20H2,3-4H3,(H,34,42)(H,35,41). The number of unbranched alkanes of at least 4 members (excludes halogenated alkanes) is 2. The number of para-hydroxylation sites is 1. The largest absolute Gasteiger partial charge is 0.462 e. The van der Waals surface area contributed by atoms with E-state index in [9.17, 15) is 32.4 Å². The summed E-state index contributed by atoms with van der Waals surface area (Å²) in [5.41, 5.74) is 0.290. The molecule has 13 nitrogen and oxygen atoms in total. The van der Waals surface area contributed by atoms with Gasteiger partial charge in [0.1, 0.15) is 6.10 Å².